The van der Waals surface area contributed by atoms with Gasteiger partial charge < -0.3 is 14.5 Å². The zero-order chi connectivity index (χ0) is 18.9. The van der Waals surface area contributed by atoms with Gasteiger partial charge in [0, 0.05) is 44.1 Å². The molecule has 2 saturated heterocycles. The van der Waals surface area contributed by atoms with Crippen LogP contribution in [0.1, 0.15) is 28.8 Å². The van der Waals surface area contributed by atoms with E-state index in [1.807, 2.05) is 34.1 Å². The molecule has 140 valence electrons. The summed E-state index contributed by atoms with van der Waals surface area (Å²) in [5.74, 6) is 0.938. The molecule has 4 rings (SSSR count). The molecule has 6 heteroatoms. The lowest BCUT2D eigenvalue weighted by atomic mass is 9.85. The van der Waals surface area contributed by atoms with Crippen molar-refractivity contribution < 1.29 is 14.3 Å². The molecular weight excluding hydrogens is 342 g/mol. The van der Waals surface area contributed by atoms with Gasteiger partial charge in [-0.05, 0) is 42.7 Å². The highest BCUT2D eigenvalue weighted by molar-refractivity contribution is 5.95. The normalized spacial score (nSPS) is 21.9. The van der Waals surface area contributed by atoms with Crippen molar-refractivity contribution in [3.05, 3.63) is 59.9 Å². The Kier molecular flexibility index (Phi) is 4.56. The molecule has 2 aliphatic heterocycles. The van der Waals surface area contributed by atoms with Gasteiger partial charge in [0.25, 0.3) is 5.91 Å². The average Bonchev–Trinajstić information content (AvgIpc) is 3.28. The third-order valence-electron chi connectivity index (χ3n) is 5.68. The van der Waals surface area contributed by atoms with E-state index in [2.05, 4.69) is 4.98 Å². The van der Waals surface area contributed by atoms with Crippen molar-refractivity contribution in [3.63, 3.8) is 0 Å². The number of likely N-dealkylation sites (tertiary alicyclic amines) is 2. The molecule has 1 spiro atoms. The van der Waals surface area contributed by atoms with Crippen LogP contribution in [-0.2, 0) is 11.3 Å². The Labute approximate surface area is 158 Å². The van der Waals surface area contributed by atoms with E-state index in [4.69, 9.17) is 4.74 Å². The molecule has 2 aromatic rings. The molecule has 0 bridgehead atoms. The highest BCUT2D eigenvalue weighted by Crippen LogP contribution is 2.41. The third-order valence-corrected chi connectivity index (χ3v) is 5.68. The van der Waals surface area contributed by atoms with E-state index in [-0.39, 0.29) is 11.8 Å². The molecule has 0 radical (unpaired) electrons. The van der Waals surface area contributed by atoms with Gasteiger partial charge in [0.2, 0.25) is 5.91 Å². The lowest BCUT2D eigenvalue weighted by Crippen LogP contribution is -2.38. The number of nitrogens with zero attached hydrogens (tertiary/aromatic N) is 3. The predicted octanol–water partition coefficient (Wildman–Crippen LogP) is 2.36. The quantitative estimate of drug-likeness (QED) is 0.834. The van der Waals surface area contributed by atoms with E-state index >= 15 is 0 Å². The summed E-state index contributed by atoms with van der Waals surface area (Å²) in [4.78, 5) is 33.5. The maximum atomic E-state index is 13.1. The van der Waals surface area contributed by atoms with Crippen LogP contribution >= 0.6 is 0 Å². The first-order chi connectivity index (χ1) is 13.1. The van der Waals surface area contributed by atoms with Crippen molar-refractivity contribution >= 4 is 11.8 Å². The number of hydrogen-bond acceptors (Lipinski definition) is 4. The topological polar surface area (TPSA) is 62.7 Å². The van der Waals surface area contributed by atoms with Crippen molar-refractivity contribution in [3.8, 4) is 5.75 Å². The second-order valence-corrected chi connectivity index (χ2v) is 7.32. The van der Waals surface area contributed by atoms with Crippen LogP contribution in [0.2, 0.25) is 0 Å². The van der Waals surface area contributed by atoms with Gasteiger partial charge in [-0.1, -0.05) is 12.1 Å². The number of carbonyl (C=O) groups excluding carboxylic acids is 2. The number of rotatable bonds is 4. The second kappa shape index (κ2) is 7.02. The van der Waals surface area contributed by atoms with Gasteiger partial charge in [-0.3, -0.25) is 14.6 Å². The number of ether oxygens (including phenoxy) is 1. The van der Waals surface area contributed by atoms with Crippen molar-refractivity contribution in [1.82, 2.24) is 14.8 Å². The monoisotopic (exact) mass is 365 g/mol. The zero-order valence-electron chi connectivity index (χ0n) is 15.4. The summed E-state index contributed by atoms with van der Waals surface area (Å²) < 4.78 is 5.27. The SMILES string of the molecule is COc1cccc(CN2CC[C@@]3(CCN(C(=O)c4ccncc4)C3)C2=O)c1. The molecule has 0 unspecified atom stereocenters. The van der Waals surface area contributed by atoms with Crippen LogP contribution in [0, 0.1) is 5.41 Å². The predicted molar refractivity (Wildman–Crippen MR) is 100 cm³/mol. The molecule has 27 heavy (non-hydrogen) atoms. The largest absolute Gasteiger partial charge is 0.497 e. The lowest BCUT2D eigenvalue weighted by molar-refractivity contribution is -0.135. The van der Waals surface area contributed by atoms with Gasteiger partial charge in [0.15, 0.2) is 0 Å². The van der Waals surface area contributed by atoms with E-state index < -0.39 is 5.41 Å². The Morgan fingerprint density at radius 1 is 1.19 bits per heavy atom. The van der Waals surface area contributed by atoms with Crippen LogP contribution in [0.4, 0.5) is 0 Å². The minimum absolute atomic E-state index is 0.0201. The molecule has 2 aliphatic rings. The van der Waals surface area contributed by atoms with Crippen molar-refractivity contribution in [2.24, 2.45) is 5.41 Å². The molecule has 3 heterocycles. The molecular formula is C21H23N3O3. The standard InChI is InChI=1S/C21H23N3O3/c1-27-18-4-2-3-16(13-18)14-23-11-7-21(20(23)26)8-12-24(15-21)19(25)17-5-9-22-10-6-17/h2-6,9-10,13H,7-8,11-12,14-15H2,1H3/t21-/m0/s1. The molecule has 1 aromatic carbocycles. The molecule has 0 aliphatic carbocycles. The first kappa shape index (κ1) is 17.5. The lowest BCUT2D eigenvalue weighted by Gasteiger charge is -2.24. The summed E-state index contributed by atoms with van der Waals surface area (Å²) in [6.45, 7) is 2.44. The van der Waals surface area contributed by atoms with E-state index in [1.165, 1.54) is 0 Å². The summed E-state index contributed by atoms with van der Waals surface area (Å²) in [5.41, 5.74) is 1.25. The van der Waals surface area contributed by atoms with Crippen molar-refractivity contribution in [1.29, 1.82) is 0 Å². The molecule has 0 N–H and O–H groups in total. The number of amides is 2. The van der Waals surface area contributed by atoms with Gasteiger partial charge in [0.1, 0.15) is 5.75 Å². The number of benzene rings is 1. The number of carbonyl (C=O) groups is 2. The number of pyridine rings is 1. The number of hydrogen-bond donors (Lipinski definition) is 0. The summed E-state index contributed by atoms with van der Waals surface area (Å²) in [6.07, 6.45) is 4.78. The second-order valence-electron chi connectivity index (χ2n) is 7.32. The Bertz CT molecular complexity index is 855. The summed E-state index contributed by atoms with van der Waals surface area (Å²) in [5, 5.41) is 0. The van der Waals surface area contributed by atoms with E-state index in [0.717, 1.165) is 30.7 Å². The Morgan fingerprint density at radius 3 is 2.74 bits per heavy atom. The van der Waals surface area contributed by atoms with Gasteiger partial charge in [-0.15, -0.1) is 0 Å². The van der Waals surface area contributed by atoms with Gasteiger partial charge >= 0.3 is 0 Å². The summed E-state index contributed by atoms with van der Waals surface area (Å²) in [6, 6.07) is 11.3. The molecule has 1 aromatic heterocycles. The molecule has 0 saturated carbocycles. The average molecular weight is 365 g/mol. The Balaban J connectivity index is 1.44. The zero-order valence-corrected chi connectivity index (χ0v) is 15.4. The Hall–Kier alpha value is -2.89. The number of methoxy groups -OCH3 is 1. The first-order valence-electron chi connectivity index (χ1n) is 9.23. The van der Waals surface area contributed by atoms with Crippen molar-refractivity contribution in [2.45, 2.75) is 19.4 Å². The van der Waals surface area contributed by atoms with Crippen molar-refractivity contribution in [2.75, 3.05) is 26.7 Å². The number of aromatic nitrogens is 1. The fourth-order valence-corrected chi connectivity index (χ4v) is 4.14. The fraction of sp³-hybridized carbons (Fsp3) is 0.381. The first-order valence-corrected chi connectivity index (χ1v) is 9.23. The smallest absolute Gasteiger partial charge is 0.253 e. The highest BCUT2D eigenvalue weighted by atomic mass is 16.5. The third kappa shape index (κ3) is 3.27. The van der Waals surface area contributed by atoms with Gasteiger partial charge in [-0.2, -0.15) is 0 Å². The van der Waals surface area contributed by atoms with Crippen LogP contribution in [-0.4, -0.2) is 53.3 Å². The van der Waals surface area contributed by atoms with Gasteiger partial charge in [-0.25, -0.2) is 0 Å². The fourth-order valence-electron chi connectivity index (χ4n) is 4.14. The maximum absolute atomic E-state index is 13.1. The van der Waals surface area contributed by atoms with Crippen LogP contribution in [0.15, 0.2) is 48.8 Å². The van der Waals surface area contributed by atoms with E-state index in [9.17, 15) is 9.59 Å². The van der Waals surface area contributed by atoms with Crippen LogP contribution in [0.25, 0.3) is 0 Å². The van der Waals surface area contributed by atoms with Gasteiger partial charge in [0.05, 0.1) is 12.5 Å². The maximum Gasteiger partial charge on any atom is 0.253 e. The van der Waals surface area contributed by atoms with E-state index in [1.54, 1.807) is 31.6 Å². The highest BCUT2D eigenvalue weighted by Gasteiger charge is 2.51. The summed E-state index contributed by atoms with van der Waals surface area (Å²) in [7, 11) is 1.64. The molecule has 6 nitrogen and oxygen atoms in total. The van der Waals surface area contributed by atoms with Crippen LogP contribution in [0.5, 0.6) is 5.75 Å². The molecule has 1 atom stereocenters. The van der Waals surface area contributed by atoms with Crippen LogP contribution < -0.4 is 4.74 Å². The minimum Gasteiger partial charge on any atom is -0.497 e. The molecule has 2 amide bonds. The summed E-state index contributed by atoms with van der Waals surface area (Å²) >= 11 is 0. The minimum atomic E-state index is -0.429. The van der Waals surface area contributed by atoms with Crippen LogP contribution in [0.3, 0.4) is 0 Å². The molecule has 2 fully saturated rings. The van der Waals surface area contributed by atoms with E-state index in [0.29, 0.717) is 25.2 Å². The Morgan fingerprint density at radius 2 is 1.96 bits per heavy atom.